The predicted octanol–water partition coefficient (Wildman–Crippen LogP) is 4.83. The molecule has 142 valence electrons. The molecule has 1 aromatic heterocycles. The average molecular weight is 374 g/mol. The zero-order chi connectivity index (χ0) is 19.1. The zero-order valence-corrected chi connectivity index (χ0v) is 15.6. The molecule has 5 rings (SSSR count). The van der Waals surface area contributed by atoms with Crippen molar-refractivity contribution in [2.24, 2.45) is 17.8 Å². The summed E-state index contributed by atoms with van der Waals surface area (Å²) in [7, 11) is 0. The summed E-state index contributed by atoms with van der Waals surface area (Å²) in [5.41, 5.74) is 3.21. The van der Waals surface area contributed by atoms with Gasteiger partial charge in [0.05, 0.1) is 0 Å². The van der Waals surface area contributed by atoms with Crippen LogP contribution in [0.5, 0.6) is 0 Å². The van der Waals surface area contributed by atoms with Gasteiger partial charge in [0.15, 0.2) is 5.58 Å². The van der Waals surface area contributed by atoms with E-state index in [0.29, 0.717) is 24.5 Å². The summed E-state index contributed by atoms with van der Waals surface area (Å²) in [6, 6.07) is 15.2. The summed E-state index contributed by atoms with van der Waals surface area (Å²) >= 11 is 0. The van der Waals surface area contributed by atoms with Crippen LogP contribution < -0.4 is 5.32 Å². The number of hydrogen-bond donors (Lipinski definition) is 1. The minimum atomic E-state index is -0.0651. The Labute approximate surface area is 163 Å². The first-order chi connectivity index (χ1) is 13.7. The van der Waals surface area contributed by atoms with Crippen LogP contribution in [0.3, 0.4) is 0 Å². The van der Waals surface area contributed by atoms with Crippen molar-refractivity contribution in [3.8, 4) is 11.5 Å². The molecule has 0 radical (unpaired) electrons. The number of aromatic nitrogens is 1. The van der Waals surface area contributed by atoms with E-state index in [1.807, 2.05) is 48.5 Å². The molecule has 5 heteroatoms. The molecule has 1 amide bonds. The first-order valence-electron chi connectivity index (χ1n) is 9.98. The third kappa shape index (κ3) is 3.11. The van der Waals surface area contributed by atoms with Crippen molar-refractivity contribution in [2.45, 2.75) is 32.1 Å². The zero-order valence-electron chi connectivity index (χ0n) is 15.6. The van der Waals surface area contributed by atoms with E-state index < -0.39 is 0 Å². The van der Waals surface area contributed by atoms with Crippen LogP contribution in [0, 0.1) is 17.8 Å². The third-order valence-electron chi connectivity index (χ3n) is 6.11. The molecule has 2 unspecified atom stereocenters. The first-order valence-corrected chi connectivity index (χ1v) is 9.98. The van der Waals surface area contributed by atoms with Crippen molar-refractivity contribution in [2.75, 3.05) is 5.32 Å². The van der Waals surface area contributed by atoms with Gasteiger partial charge in [0.2, 0.25) is 11.8 Å². The van der Waals surface area contributed by atoms with Crippen molar-refractivity contribution >= 4 is 28.5 Å². The Balaban J connectivity index is 1.28. The highest BCUT2D eigenvalue weighted by molar-refractivity contribution is 5.95. The van der Waals surface area contributed by atoms with Gasteiger partial charge in [0, 0.05) is 29.0 Å². The van der Waals surface area contributed by atoms with Gasteiger partial charge in [0.1, 0.15) is 11.3 Å². The number of para-hydroxylation sites is 2. The molecule has 1 heterocycles. The van der Waals surface area contributed by atoms with E-state index in [1.54, 1.807) is 0 Å². The lowest BCUT2D eigenvalue weighted by Crippen LogP contribution is -2.40. The van der Waals surface area contributed by atoms with E-state index in [2.05, 4.69) is 10.3 Å². The topological polar surface area (TPSA) is 72.2 Å². The molecule has 0 spiro atoms. The van der Waals surface area contributed by atoms with Crippen LogP contribution in [0.4, 0.5) is 5.69 Å². The van der Waals surface area contributed by atoms with Crippen LogP contribution in [0.15, 0.2) is 52.9 Å². The van der Waals surface area contributed by atoms with E-state index >= 15 is 0 Å². The molecule has 2 saturated carbocycles. The van der Waals surface area contributed by atoms with E-state index in [1.165, 1.54) is 0 Å². The maximum atomic E-state index is 12.7. The monoisotopic (exact) mass is 374 g/mol. The van der Waals surface area contributed by atoms with Crippen molar-refractivity contribution in [3.05, 3.63) is 48.5 Å². The van der Waals surface area contributed by atoms with Gasteiger partial charge in [-0.15, -0.1) is 0 Å². The highest BCUT2D eigenvalue weighted by Gasteiger charge is 2.41. The molecule has 2 atom stereocenters. The number of nitrogens with one attached hydrogen (secondary N) is 1. The molecule has 3 aromatic rings. The number of fused-ring (bicyclic) bond motifs is 3. The van der Waals surface area contributed by atoms with Gasteiger partial charge in [-0.25, -0.2) is 4.98 Å². The van der Waals surface area contributed by atoms with Crippen molar-refractivity contribution in [3.63, 3.8) is 0 Å². The third-order valence-corrected chi connectivity index (χ3v) is 6.11. The largest absolute Gasteiger partial charge is 0.436 e. The normalized spacial score (nSPS) is 24.3. The fourth-order valence-electron chi connectivity index (χ4n) is 4.63. The molecule has 2 aromatic carbocycles. The minimum absolute atomic E-state index is 0.0269. The van der Waals surface area contributed by atoms with Gasteiger partial charge >= 0.3 is 0 Å². The molecule has 28 heavy (non-hydrogen) atoms. The fourth-order valence-corrected chi connectivity index (χ4v) is 4.63. The number of amides is 1. The Hall–Kier alpha value is -2.95. The Bertz CT molecular complexity index is 988. The molecular weight excluding hydrogens is 352 g/mol. The molecule has 0 aliphatic heterocycles. The quantitative estimate of drug-likeness (QED) is 0.713. The number of rotatable bonds is 3. The van der Waals surface area contributed by atoms with Gasteiger partial charge in [0.25, 0.3) is 0 Å². The number of nitrogens with zero attached hydrogens (tertiary/aromatic N) is 1. The predicted molar refractivity (Wildman–Crippen MR) is 107 cm³/mol. The van der Waals surface area contributed by atoms with Crippen LogP contribution in [0.2, 0.25) is 0 Å². The first kappa shape index (κ1) is 17.2. The number of carbonyl (C=O) groups is 2. The van der Waals surface area contributed by atoms with Crippen LogP contribution in [-0.2, 0) is 9.59 Å². The molecule has 0 saturated heterocycles. The van der Waals surface area contributed by atoms with Gasteiger partial charge in [-0.05, 0) is 62.1 Å². The minimum Gasteiger partial charge on any atom is -0.436 e. The Morgan fingerprint density at radius 3 is 2.43 bits per heavy atom. The van der Waals surface area contributed by atoms with Crippen molar-refractivity contribution < 1.29 is 14.0 Å². The number of carbonyl (C=O) groups excluding carboxylic acids is 2. The summed E-state index contributed by atoms with van der Waals surface area (Å²) in [5, 5.41) is 3.02. The lowest BCUT2D eigenvalue weighted by Gasteiger charge is -2.36. The lowest BCUT2D eigenvalue weighted by molar-refractivity contribution is -0.136. The van der Waals surface area contributed by atoms with Crippen LogP contribution in [0.25, 0.3) is 22.6 Å². The molecule has 1 N–H and O–H groups in total. The Kier molecular flexibility index (Phi) is 4.23. The maximum absolute atomic E-state index is 12.7. The summed E-state index contributed by atoms with van der Waals surface area (Å²) < 4.78 is 5.79. The molecule has 5 nitrogen and oxygen atoms in total. The van der Waals surface area contributed by atoms with Gasteiger partial charge in [-0.1, -0.05) is 18.6 Å². The van der Waals surface area contributed by atoms with Crippen molar-refractivity contribution in [1.82, 2.24) is 4.98 Å². The summed E-state index contributed by atoms with van der Waals surface area (Å²) in [4.78, 5) is 29.4. The van der Waals surface area contributed by atoms with Crippen molar-refractivity contribution in [1.29, 1.82) is 0 Å². The smallest absolute Gasteiger partial charge is 0.227 e. The number of oxazole rings is 1. The molecule has 2 bridgehead atoms. The maximum Gasteiger partial charge on any atom is 0.227 e. The number of hydrogen-bond acceptors (Lipinski definition) is 4. The number of anilines is 1. The van der Waals surface area contributed by atoms with E-state index in [4.69, 9.17) is 4.42 Å². The second-order valence-corrected chi connectivity index (χ2v) is 7.95. The Morgan fingerprint density at radius 2 is 1.71 bits per heavy atom. The van der Waals surface area contributed by atoms with E-state index in [-0.39, 0.29) is 23.7 Å². The van der Waals surface area contributed by atoms with E-state index in [0.717, 1.165) is 41.6 Å². The molecular formula is C23H22N2O3. The standard InChI is InChI=1S/C23H22N2O3/c26-21-15-4-3-5-16(21)13-17(12-15)22(27)24-18-10-8-14(9-11-18)23-25-19-6-1-2-7-20(19)28-23/h1-2,6-11,15-17H,3-5,12-13H2,(H,24,27). The van der Waals surface area contributed by atoms with Crippen LogP contribution in [0.1, 0.15) is 32.1 Å². The molecule has 2 aliphatic rings. The lowest BCUT2D eigenvalue weighted by atomic mass is 9.67. The van der Waals surface area contributed by atoms with Gasteiger partial charge in [-0.3, -0.25) is 9.59 Å². The number of Topliss-reactive ketones (excluding diaryl/α,β-unsaturated/α-hetero) is 1. The Morgan fingerprint density at radius 1 is 1.00 bits per heavy atom. The van der Waals surface area contributed by atoms with Crippen LogP contribution in [-0.4, -0.2) is 16.7 Å². The molecule has 2 aliphatic carbocycles. The fraction of sp³-hybridized carbons (Fsp3) is 0.348. The van der Waals surface area contributed by atoms with E-state index in [9.17, 15) is 9.59 Å². The highest BCUT2D eigenvalue weighted by Crippen LogP contribution is 2.40. The van der Waals surface area contributed by atoms with Gasteiger partial charge in [-0.2, -0.15) is 0 Å². The number of benzene rings is 2. The summed E-state index contributed by atoms with van der Waals surface area (Å²) in [5.74, 6) is 1.09. The second kappa shape index (κ2) is 6.89. The van der Waals surface area contributed by atoms with Crippen LogP contribution >= 0.6 is 0 Å². The summed E-state index contributed by atoms with van der Waals surface area (Å²) in [6.07, 6.45) is 4.40. The summed E-state index contributed by atoms with van der Waals surface area (Å²) in [6.45, 7) is 0. The number of ketones is 1. The SMILES string of the molecule is O=C(Nc1ccc(-c2nc3ccccc3o2)cc1)C1CC2CCCC(C1)C2=O. The molecule has 2 fully saturated rings. The highest BCUT2D eigenvalue weighted by atomic mass is 16.3. The average Bonchev–Trinajstić information content (AvgIpc) is 3.12. The second-order valence-electron chi connectivity index (χ2n) is 7.95. The van der Waals surface area contributed by atoms with Gasteiger partial charge < -0.3 is 9.73 Å².